The molecule has 2 aromatic heterocycles. The summed E-state index contributed by atoms with van der Waals surface area (Å²) in [6.45, 7) is 3.38. The number of allylic oxidation sites excluding steroid dienone is 1. The van der Waals surface area contributed by atoms with Crippen LogP contribution in [-0.2, 0) is 10.5 Å². The lowest BCUT2D eigenvalue weighted by Gasteiger charge is -2.25. The number of alkyl halides is 2. The average Bonchev–Trinajstić information content (AvgIpc) is 3.40. The number of amides is 1. The predicted molar refractivity (Wildman–Crippen MR) is 186 cm³/mol. The van der Waals surface area contributed by atoms with Crippen LogP contribution in [0.15, 0.2) is 111 Å². The SMILES string of the molecule is COc1ccc(/C=c2\sc3n(c2=O)[C@H](c2ccccc2)C(C(=O)Nc2ccccc2)=C(C)N=3)cc1CSc1nc(C(F)F)cc(C)c1C#N. The van der Waals surface area contributed by atoms with Gasteiger partial charge in [-0.2, -0.15) is 5.26 Å². The summed E-state index contributed by atoms with van der Waals surface area (Å²) < 4.78 is 34.5. The van der Waals surface area contributed by atoms with E-state index in [2.05, 4.69) is 16.4 Å². The molecule has 0 unspecified atom stereocenters. The number of aromatic nitrogens is 2. The Balaban J connectivity index is 1.38. The number of nitriles is 1. The highest BCUT2D eigenvalue weighted by Crippen LogP contribution is 2.33. The van der Waals surface area contributed by atoms with E-state index in [1.165, 1.54) is 24.5 Å². The maximum absolute atomic E-state index is 14.1. The van der Waals surface area contributed by atoms with Gasteiger partial charge in [0.15, 0.2) is 4.80 Å². The van der Waals surface area contributed by atoms with E-state index in [1.807, 2.05) is 60.7 Å². The normalized spacial score (nSPS) is 14.3. The van der Waals surface area contributed by atoms with Crippen molar-refractivity contribution in [2.45, 2.75) is 37.1 Å². The van der Waals surface area contributed by atoms with Crippen molar-refractivity contribution in [3.63, 3.8) is 0 Å². The fourth-order valence-corrected chi connectivity index (χ4v) is 7.69. The van der Waals surface area contributed by atoms with Crippen molar-refractivity contribution in [1.82, 2.24) is 9.55 Å². The molecule has 12 heteroatoms. The van der Waals surface area contributed by atoms with E-state index >= 15 is 0 Å². The smallest absolute Gasteiger partial charge is 0.280 e. The maximum atomic E-state index is 14.1. The number of ether oxygens (including phenoxy) is 1. The number of halogens is 2. The lowest BCUT2D eigenvalue weighted by molar-refractivity contribution is -0.113. The predicted octanol–water partition coefficient (Wildman–Crippen LogP) is 6.69. The molecule has 1 aliphatic rings. The topological polar surface area (TPSA) is 109 Å². The molecule has 0 saturated carbocycles. The molecule has 0 aliphatic carbocycles. The summed E-state index contributed by atoms with van der Waals surface area (Å²) in [6, 6.07) is 26.5. The first-order chi connectivity index (χ1) is 23.7. The average molecular weight is 694 g/mol. The van der Waals surface area contributed by atoms with E-state index in [-0.39, 0.29) is 33.5 Å². The molecule has 0 saturated heterocycles. The first kappa shape index (κ1) is 33.5. The van der Waals surface area contributed by atoms with Gasteiger partial charge in [0.2, 0.25) is 0 Å². The molecular formula is C37H29F2N5O3S2. The van der Waals surface area contributed by atoms with E-state index in [0.29, 0.717) is 43.2 Å². The third-order valence-corrected chi connectivity index (χ3v) is 9.93. The Bertz CT molecular complexity index is 2310. The van der Waals surface area contributed by atoms with Gasteiger partial charge in [0.05, 0.1) is 34.5 Å². The Morgan fingerprint density at radius 3 is 2.49 bits per heavy atom. The van der Waals surface area contributed by atoms with Gasteiger partial charge >= 0.3 is 0 Å². The minimum absolute atomic E-state index is 0.210. The second-order valence-electron chi connectivity index (χ2n) is 11.1. The summed E-state index contributed by atoms with van der Waals surface area (Å²) in [5.74, 6) is 0.476. The lowest BCUT2D eigenvalue weighted by Crippen LogP contribution is -2.40. The number of thioether (sulfide) groups is 1. The van der Waals surface area contributed by atoms with Crippen molar-refractivity contribution >= 4 is 40.8 Å². The van der Waals surface area contributed by atoms with Crippen LogP contribution in [0.3, 0.4) is 0 Å². The van der Waals surface area contributed by atoms with Crippen LogP contribution in [0.1, 0.15) is 52.9 Å². The molecule has 1 atom stereocenters. The van der Waals surface area contributed by atoms with Gasteiger partial charge in [-0.25, -0.2) is 18.8 Å². The zero-order chi connectivity index (χ0) is 34.7. The largest absolute Gasteiger partial charge is 0.496 e. The van der Waals surface area contributed by atoms with Gasteiger partial charge in [0.25, 0.3) is 17.9 Å². The van der Waals surface area contributed by atoms with Gasteiger partial charge in [-0.15, -0.1) is 11.8 Å². The van der Waals surface area contributed by atoms with Crippen LogP contribution in [0.25, 0.3) is 6.08 Å². The highest BCUT2D eigenvalue weighted by molar-refractivity contribution is 7.98. The second kappa shape index (κ2) is 14.4. The number of pyridine rings is 1. The number of aryl methyl sites for hydroxylation is 1. The summed E-state index contributed by atoms with van der Waals surface area (Å²) in [4.78, 5) is 37.1. The first-order valence-electron chi connectivity index (χ1n) is 15.1. The van der Waals surface area contributed by atoms with Crippen LogP contribution >= 0.6 is 23.1 Å². The Morgan fingerprint density at radius 2 is 1.82 bits per heavy atom. The van der Waals surface area contributed by atoms with Gasteiger partial charge in [-0.1, -0.05) is 65.9 Å². The van der Waals surface area contributed by atoms with Crippen molar-refractivity contribution in [2.24, 2.45) is 4.99 Å². The van der Waals surface area contributed by atoms with Gasteiger partial charge in [0.1, 0.15) is 22.5 Å². The van der Waals surface area contributed by atoms with Crippen LogP contribution in [-0.4, -0.2) is 22.6 Å². The Morgan fingerprint density at radius 1 is 1.10 bits per heavy atom. The molecule has 1 aliphatic heterocycles. The number of hydrogen-bond acceptors (Lipinski definition) is 8. The highest BCUT2D eigenvalue weighted by atomic mass is 32.2. The van der Waals surface area contributed by atoms with Crippen molar-refractivity contribution in [3.05, 3.63) is 149 Å². The van der Waals surface area contributed by atoms with E-state index < -0.39 is 12.5 Å². The minimum atomic E-state index is -2.77. The molecule has 1 N–H and O–H groups in total. The van der Waals surface area contributed by atoms with Gasteiger partial charge in [-0.3, -0.25) is 14.2 Å². The maximum Gasteiger partial charge on any atom is 0.280 e. The van der Waals surface area contributed by atoms with Crippen LogP contribution in [0.4, 0.5) is 14.5 Å². The Kier molecular flexibility index (Phi) is 9.85. The van der Waals surface area contributed by atoms with E-state index in [0.717, 1.165) is 22.9 Å². The highest BCUT2D eigenvalue weighted by Gasteiger charge is 2.32. The Labute approximate surface area is 288 Å². The molecule has 0 spiro atoms. The number of methoxy groups -OCH3 is 1. The number of hydrogen-bond donors (Lipinski definition) is 1. The molecule has 5 aromatic rings. The van der Waals surface area contributed by atoms with Gasteiger partial charge in [-0.05, 0) is 66.9 Å². The zero-order valence-electron chi connectivity index (χ0n) is 26.6. The number of carbonyl (C=O) groups excluding carboxylic acids is 1. The molecule has 49 heavy (non-hydrogen) atoms. The molecule has 3 aromatic carbocycles. The summed E-state index contributed by atoms with van der Waals surface area (Å²) in [5.41, 5.74) is 3.67. The van der Waals surface area contributed by atoms with Crippen LogP contribution in [0, 0.1) is 18.3 Å². The number of nitrogens with zero attached hydrogens (tertiary/aromatic N) is 4. The minimum Gasteiger partial charge on any atom is -0.496 e. The second-order valence-corrected chi connectivity index (χ2v) is 13.1. The number of anilines is 1. The molecule has 6 rings (SSSR count). The lowest BCUT2D eigenvalue weighted by atomic mass is 9.95. The molecule has 3 heterocycles. The van der Waals surface area contributed by atoms with Crippen LogP contribution in [0.5, 0.6) is 5.75 Å². The summed E-state index contributed by atoms with van der Waals surface area (Å²) in [7, 11) is 1.53. The number of rotatable bonds is 9. The van der Waals surface area contributed by atoms with Crippen LogP contribution in [0.2, 0.25) is 0 Å². The van der Waals surface area contributed by atoms with Crippen molar-refractivity contribution in [2.75, 3.05) is 12.4 Å². The van der Waals surface area contributed by atoms with E-state index in [9.17, 15) is 23.6 Å². The summed E-state index contributed by atoms with van der Waals surface area (Å²) >= 11 is 2.38. The molecule has 0 radical (unpaired) electrons. The number of thiazole rings is 1. The third-order valence-electron chi connectivity index (χ3n) is 7.92. The summed E-state index contributed by atoms with van der Waals surface area (Å²) in [6.07, 6.45) is -1.01. The molecule has 8 nitrogen and oxygen atoms in total. The van der Waals surface area contributed by atoms with Crippen molar-refractivity contribution in [1.29, 1.82) is 5.26 Å². The molecule has 0 bridgehead atoms. The molecule has 1 amide bonds. The number of carbonyl (C=O) groups is 1. The van der Waals surface area contributed by atoms with Crippen LogP contribution < -0.4 is 24.9 Å². The fourth-order valence-electron chi connectivity index (χ4n) is 5.60. The quantitative estimate of drug-likeness (QED) is 0.173. The van der Waals surface area contributed by atoms with Crippen molar-refractivity contribution in [3.8, 4) is 11.8 Å². The van der Waals surface area contributed by atoms with Crippen molar-refractivity contribution < 1.29 is 18.3 Å². The fraction of sp³-hybridized carbons (Fsp3) is 0.162. The van der Waals surface area contributed by atoms with E-state index in [1.54, 1.807) is 42.7 Å². The Hall–Kier alpha value is -5.38. The summed E-state index contributed by atoms with van der Waals surface area (Å²) in [5, 5.41) is 12.8. The monoisotopic (exact) mass is 693 g/mol. The standard InChI is InChI=1S/C37H29F2N5O3S2/c1-21-16-28(33(38)39)43-35(27(21)19-40)48-20-25-17-23(14-15-29(25)47-3)18-30-36(46)44-32(24-10-6-4-7-11-24)31(22(2)41-37(44)49-30)34(45)42-26-12-8-5-9-13-26/h4-18,32-33H,20H2,1-3H3,(H,42,45)/b30-18-/t32-/m1/s1. The number of benzene rings is 3. The van der Waals surface area contributed by atoms with Gasteiger partial charge < -0.3 is 10.1 Å². The molecule has 0 fully saturated rings. The number of para-hydroxylation sites is 1. The number of fused-ring (bicyclic) bond motifs is 1. The van der Waals surface area contributed by atoms with E-state index in [4.69, 9.17) is 9.73 Å². The third kappa shape index (κ3) is 6.95. The first-order valence-corrected chi connectivity index (χ1v) is 16.9. The number of nitrogens with one attached hydrogen (secondary N) is 1. The molecular weight excluding hydrogens is 665 g/mol. The van der Waals surface area contributed by atoms with Gasteiger partial charge in [0, 0.05) is 17.0 Å². The molecule has 246 valence electrons. The zero-order valence-corrected chi connectivity index (χ0v) is 28.2.